The third kappa shape index (κ3) is 1.74. The van der Waals surface area contributed by atoms with Gasteiger partial charge >= 0.3 is 5.97 Å². The van der Waals surface area contributed by atoms with Crippen molar-refractivity contribution in [2.45, 2.75) is 0 Å². The second-order valence-electron chi connectivity index (χ2n) is 2.12. The van der Waals surface area contributed by atoms with E-state index in [1.54, 1.807) is 0 Å². The van der Waals surface area contributed by atoms with Crippen LogP contribution in [0.5, 0.6) is 5.75 Å². The van der Waals surface area contributed by atoms with Gasteiger partial charge in [-0.3, -0.25) is 0 Å². The van der Waals surface area contributed by atoms with Crippen LogP contribution in [0.15, 0.2) is 18.2 Å². The van der Waals surface area contributed by atoms with E-state index in [0.717, 1.165) is 6.07 Å². The van der Waals surface area contributed by atoms with Crippen molar-refractivity contribution in [3.05, 3.63) is 23.8 Å². The van der Waals surface area contributed by atoms with Crippen LogP contribution < -0.4 is 5.46 Å². The molecule has 54 valence electrons. The molecule has 0 fully saturated rings. The number of phenols is 1. The summed E-state index contributed by atoms with van der Waals surface area (Å²) >= 11 is 0. The van der Waals surface area contributed by atoms with Crippen LogP contribution in [0, 0.1) is 0 Å². The van der Waals surface area contributed by atoms with Gasteiger partial charge in [0.05, 0.1) is 5.56 Å². The summed E-state index contributed by atoms with van der Waals surface area (Å²) in [6, 6.07) is 3.70. The van der Waals surface area contributed by atoms with Crippen molar-refractivity contribution in [1.82, 2.24) is 0 Å². The zero-order valence-corrected chi connectivity index (χ0v) is 5.61. The first kappa shape index (κ1) is 7.66. The molecule has 0 saturated heterocycles. The zero-order chi connectivity index (χ0) is 8.43. The molecule has 0 amide bonds. The molecule has 11 heavy (non-hydrogen) atoms. The highest BCUT2D eigenvalue weighted by molar-refractivity contribution is 6.32. The molecule has 3 nitrogen and oxygen atoms in total. The van der Waals surface area contributed by atoms with Crippen LogP contribution in [0.2, 0.25) is 0 Å². The molecule has 0 saturated carbocycles. The Morgan fingerprint density at radius 1 is 1.36 bits per heavy atom. The van der Waals surface area contributed by atoms with Crippen molar-refractivity contribution < 1.29 is 15.0 Å². The standard InChI is InChI=1S/C7H5BO3/c8-5-1-4(7(10)11)2-6(9)3-5/h1-3,9H,(H,10,11). The molecule has 0 aromatic heterocycles. The van der Waals surface area contributed by atoms with Crippen molar-refractivity contribution in [3.63, 3.8) is 0 Å². The molecular weight excluding hydrogens is 143 g/mol. The smallest absolute Gasteiger partial charge is 0.335 e. The summed E-state index contributed by atoms with van der Waals surface area (Å²) in [5.74, 6) is -1.24. The molecule has 0 unspecified atom stereocenters. The number of hydrogen-bond donors (Lipinski definition) is 2. The monoisotopic (exact) mass is 148 g/mol. The molecule has 0 aliphatic heterocycles. The van der Waals surface area contributed by atoms with Gasteiger partial charge in [0.15, 0.2) is 0 Å². The number of phenolic OH excluding ortho intramolecular Hbond substituents is 1. The van der Waals surface area contributed by atoms with Crippen LogP contribution in [0.3, 0.4) is 0 Å². The van der Waals surface area contributed by atoms with Crippen molar-refractivity contribution in [2.24, 2.45) is 0 Å². The van der Waals surface area contributed by atoms with Gasteiger partial charge in [0.2, 0.25) is 0 Å². The molecule has 0 bridgehead atoms. The van der Waals surface area contributed by atoms with E-state index in [4.69, 9.17) is 18.1 Å². The first-order valence-electron chi connectivity index (χ1n) is 2.92. The van der Waals surface area contributed by atoms with E-state index in [-0.39, 0.29) is 16.8 Å². The van der Waals surface area contributed by atoms with Crippen LogP contribution in [0.25, 0.3) is 0 Å². The van der Waals surface area contributed by atoms with E-state index in [0.29, 0.717) is 0 Å². The summed E-state index contributed by atoms with van der Waals surface area (Å²) in [4.78, 5) is 10.3. The average Bonchev–Trinajstić information content (AvgIpc) is 1.85. The van der Waals surface area contributed by atoms with Gasteiger partial charge in [-0.2, -0.15) is 0 Å². The lowest BCUT2D eigenvalue weighted by Gasteiger charge is -1.97. The SMILES string of the molecule is [B]c1cc(O)cc(C(=O)O)c1. The van der Waals surface area contributed by atoms with Crippen LogP contribution in [0.1, 0.15) is 10.4 Å². The molecule has 0 heterocycles. The van der Waals surface area contributed by atoms with Gasteiger partial charge < -0.3 is 10.2 Å². The van der Waals surface area contributed by atoms with Crippen LogP contribution in [-0.4, -0.2) is 24.0 Å². The fourth-order valence-corrected chi connectivity index (χ4v) is 0.758. The van der Waals surface area contributed by atoms with Crippen LogP contribution >= 0.6 is 0 Å². The van der Waals surface area contributed by atoms with Gasteiger partial charge in [-0.1, -0.05) is 11.5 Å². The van der Waals surface area contributed by atoms with E-state index in [2.05, 4.69) is 0 Å². The first-order valence-corrected chi connectivity index (χ1v) is 2.92. The van der Waals surface area contributed by atoms with E-state index in [1.165, 1.54) is 12.1 Å². The average molecular weight is 148 g/mol. The maximum Gasteiger partial charge on any atom is 0.335 e. The topological polar surface area (TPSA) is 57.5 Å². The molecular formula is C7H5BO3. The van der Waals surface area contributed by atoms with Crippen LogP contribution in [0.4, 0.5) is 0 Å². The van der Waals surface area contributed by atoms with Gasteiger partial charge in [0, 0.05) is 0 Å². The molecule has 0 spiro atoms. The molecule has 2 N–H and O–H groups in total. The summed E-state index contributed by atoms with van der Waals surface area (Å²) in [7, 11) is 5.27. The maximum atomic E-state index is 10.3. The lowest BCUT2D eigenvalue weighted by Crippen LogP contribution is -2.06. The number of carboxylic acid groups (broad SMARTS) is 1. The third-order valence-corrected chi connectivity index (χ3v) is 1.19. The normalized spacial score (nSPS) is 9.45. The Bertz CT molecular complexity index is 275. The molecule has 0 aliphatic rings. The van der Waals surface area contributed by atoms with Gasteiger partial charge in [0.25, 0.3) is 0 Å². The Hall–Kier alpha value is -1.45. The highest BCUT2D eigenvalue weighted by Crippen LogP contribution is 2.08. The molecule has 0 aliphatic carbocycles. The van der Waals surface area contributed by atoms with Gasteiger partial charge in [-0.25, -0.2) is 4.79 Å². The summed E-state index contributed by atoms with van der Waals surface area (Å²) in [5.41, 5.74) is 0.227. The van der Waals surface area contributed by atoms with Gasteiger partial charge in [-0.05, 0) is 12.1 Å². The minimum absolute atomic E-state index is 0.0116. The Labute approximate surface area is 64.7 Å². The maximum absolute atomic E-state index is 10.3. The van der Waals surface area contributed by atoms with Gasteiger partial charge in [-0.15, -0.1) is 0 Å². The molecule has 0 atom stereocenters. The van der Waals surface area contributed by atoms with Crippen LogP contribution in [-0.2, 0) is 0 Å². The fraction of sp³-hybridized carbons (Fsp3) is 0. The second-order valence-corrected chi connectivity index (χ2v) is 2.12. The minimum Gasteiger partial charge on any atom is -0.508 e. The fourth-order valence-electron chi connectivity index (χ4n) is 0.758. The van der Waals surface area contributed by atoms with Crippen molar-refractivity contribution in [1.29, 1.82) is 0 Å². The molecule has 4 heteroatoms. The Morgan fingerprint density at radius 2 is 2.00 bits per heavy atom. The lowest BCUT2D eigenvalue weighted by molar-refractivity contribution is 0.0696. The molecule has 1 aromatic rings. The van der Waals surface area contributed by atoms with Crippen molar-refractivity contribution in [2.75, 3.05) is 0 Å². The third-order valence-electron chi connectivity index (χ3n) is 1.19. The second kappa shape index (κ2) is 2.66. The summed E-state index contributed by atoms with van der Waals surface area (Å²) < 4.78 is 0. The summed E-state index contributed by atoms with van der Waals surface area (Å²) in [6.45, 7) is 0. The largest absolute Gasteiger partial charge is 0.508 e. The number of aromatic carboxylic acids is 1. The number of carboxylic acids is 1. The van der Waals surface area contributed by atoms with E-state index < -0.39 is 5.97 Å². The highest BCUT2D eigenvalue weighted by atomic mass is 16.4. The summed E-state index contributed by atoms with van der Waals surface area (Å²) in [6.07, 6.45) is 0. The number of benzene rings is 1. The van der Waals surface area contributed by atoms with Crippen molar-refractivity contribution in [3.8, 4) is 5.75 Å². The summed E-state index contributed by atoms with van der Waals surface area (Å²) in [5, 5.41) is 17.4. The van der Waals surface area contributed by atoms with Gasteiger partial charge in [0.1, 0.15) is 13.6 Å². The molecule has 1 aromatic carbocycles. The first-order chi connectivity index (χ1) is 5.09. The Morgan fingerprint density at radius 3 is 2.45 bits per heavy atom. The number of hydrogen-bond acceptors (Lipinski definition) is 2. The quantitative estimate of drug-likeness (QED) is 0.546. The predicted octanol–water partition coefficient (Wildman–Crippen LogP) is -0.116. The van der Waals surface area contributed by atoms with E-state index >= 15 is 0 Å². The van der Waals surface area contributed by atoms with E-state index in [1.807, 2.05) is 0 Å². The number of rotatable bonds is 1. The number of carbonyl (C=O) groups is 1. The van der Waals surface area contributed by atoms with Crippen molar-refractivity contribution >= 4 is 19.3 Å². The Kier molecular flexibility index (Phi) is 1.85. The Balaban J connectivity index is 3.19. The molecule has 2 radical (unpaired) electrons. The highest BCUT2D eigenvalue weighted by Gasteiger charge is 2.03. The number of aromatic hydroxyl groups is 1. The predicted molar refractivity (Wildman–Crippen MR) is 40.5 cm³/mol. The van der Waals surface area contributed by atoms with E-state index in [9.17, 15) is 4.79 Å². The lowest BCUT2D eigenvalue weighted by atomic mass is 9.94. The minimum atomic E-state index is -1.10. The molecule has 1 rings (SSSR count). The zero-order valence-electron chi connectivity index (χ0n) is 5.61.